The number of carbonyl (C=O) groups excluding carboxylic acids is 2. The van der Waals surface area contributed by atoms with E-state index in [1.807, 2.05) is 9.80 Å². The number of methoxy groups -OCH3 is 1. The van der Waals surface area contributed by atoms with E-state index in [9.17, 15) is 14.0 Å². The fourth-order valence-electron chi connectivity index (χ4n) is 6.24. The molecule has 1 atom stereocenters. The highest BCUT2D eigenvalue weighted by atomic mass is 32.1. The van der Waals surface area contributed by atoms with E-state index in [1.165, 1.54) is 19.2 Å². The van der Waals surface area contributed by atoms with Crippen LogP contribution in [-0.2, 0) is 14.3 Å². The number of amides is 2. The van der Waals surface area contributed by atoms with E-state index in [0.717, 1.165) is 21.0 Å². The molecule has 2 aliphatic rings. The van der Waals surface area contributed by atoms with Crippen molar-refractivity contribution in [2.75, 3.05) is 58.4 Å². The van der Waals surface area contributed by atoms with Crippen LogP contribution in [0.1, 0.15) is 17.8 Å². The molecule has 1 fully saturated rings. The lowest BCUT2D eigenvalue weighted by molar-refractivity contribution is -0.138. The van der Waals surface area contributed by atoms with Crippen molar-refractivity contribution in [1.82, 2.24) is 34.9 Å². The van der Waals surface area contributed by atoms with Gasteiger partial charge in [0, 0.05) is 68.5 Å². The molecule has 0 unspecified atom stereocenters. The van der Waals surface area contributed by atoms with Crippen LogP contribution in [0.25, 0.3) is 38.4 Å². The number of hydrogen-bond acceptors (Lipinski definition) is 11. The van der Waals surface area contributed by atoms with E-state index < -0.39 is 11.4 Å². The minimum Gasteiger partial charge on any atom is -0.488 e. The predicted molar refractivity (Wildman–Crippen MR) is 186 cm³/mol. The smallest absolute Gasteiger partial charge is 0.258 e. The minimum absolute atomic E-state index is 0.00576. The van der Waals surface area contributed by atoms with Gasteiger partial charge in [0.1, 0.15) is 17.3 Å². The van der Waals surface area contributed by atoms with Gasteiger partial charge in [0.25, 0.3) is 5.91 Å². The molecule has 1 saturated heterocycles. The fraction of sp³-hybridized carbons (Fsp3) is 0.314. The predicted octanol–water partition coefficient (Wildman–Crippen LogP) is 4.00. The first kappa shape index (κ1) is 33.4. The van der Waals surface area contributed by atoms with Gasteiger partial charge in [-0.3, -0.25) is 19.6 Å². The number of rotatable bonds is 11. The van der Waals surface area contributed by atoms with Gasteiger partial charge in [-0.25, -0.2) is 19.3 Å². The van der Waals surface area contributed by atoms with Crippen molar-refractivity contribution in [1.29, 1.82) is 0 Å². The first-order valence-corrected chi connectivity index (χ1v) is 17.0. The summed E-state index contributed by atoms with van der Waals surface area (Å²) in [6.45, 7) is 1.77. The number of nitrogens with zero attached hydrogens (tertiary/aromatic N) is 6. The van der Waals surface area contributed by atoms with E-state index in [2.05, 4.69) is 36.5 Å². The zero-order chi connectivity index (χ0) is 34.7. The average molecular weight is 699 g/mol. The Balaban J connectivity index is 0.975. The summed E-state index contributed by atoms with van der Waals surface area (Å²) in [5.41, 5.74) is 2.39. The summed E-state index contributed by atoms with van der Waals surface area (Å²) in [4.78, 5) is 44.9. The molecule has 13 nitrogen and oxygen atoms in total. The molecule has 3 N–H and O–H groups in total. The molecule has 5 heterocycles. The van der Waals surface area contributed by atoms with Crippen molar-refractivity contribution < 1.29 is 28.6 Å². The molecule has 0 spiro atoms. The lowest BCUT2D eigenvalue weighted by Crippen LogP contribution is -2.48. The normalized spacial score (nSPS) is 18.0. The first-order valence-electron chi connectivity index (χ1n) is 16.2. The highest BCUT2D eigenvalue weighted by molar-refractivity contribution is 7.16. The van der Waals surface area contributed by atoms with E-state index in [1.54, 1.807) is 60.3 Å². The Morgan fingerprint density at radius 3 is 2.78 bits per heavy atom. The summed E-state index contributed by atoms with van der Waals surface area (Å²) < 4.78 is 25.4. The molecule has 2 aromatic carbocycles. The van der Waals surface area contributed by atoms with E-state index >= 15 is 0 Å². The standard InChI is InChI=1S/C35H35FN8O5S/c1-48-35(34(47)40-24-4-6-27-25(18-24)31(42-41-27)23-3-5-26(36)28(17-23)49-16-15-45)9-14-43(21-35)20-30(46)44-12-7-22(8-13-44)33-39-19-29(50-33)32-37-10-2-11-38-32/h2-7,10-11,17-19,45H,8-9,12-16,20-21H2,1H3,(H,40,47)(H,41,42)/t35-/m0/s1. The Labute approximate surface area is 290 Å². The van der Waals surface area contributed by atoms with Gasteiger partial charge in [-0.2, -0.15) is 5.10 Å². The topological polar surface area (TPSA) is 159 Å². The van der Waals surface area contributed by atoms with E-state index in [0.29, 0.717) is 60.6 Å². The maximum absolute atomic E-state index is 14.3. The van der Waals surface area contributed by atoms with Gasteiger partial charge in [0.05, 0.1) is 23.5 Å². The second kappa shape index (κ2) is 14.4. The number of anilines is 1. The Kier molecular flexibility index (Phi) is 9.63. The quantitative estimate of drug-likeness (QED) is 0.184. The number of carbonyl (C=O) groups is 2. The first-order chi connectivity index (χ1) is 24.4. The largest absolute Gasteiger partial charge is 0.488 e. The van der Waals surface area contributed by atoms with Crippen LogP contribution in [0.2, 0.25) is 0 Å². The molecule has 0 bridgehead atoms. The van der Waals surface area contributed by atoms with E-state index in [4.69, 9.17) is 14.6 Å². The number of likely N-dealkylation sites (tertiary alicyclic amines) is 1. The maximum Gasteiger partial charge on any atom is 0.258 e. The van der Waals surface area contributed by atoms with Crippen molar-refractivity contribution in [2.45, 2.75) is 18.4 Å². The highest BCUT2D eigenvalue weighted by Crippen LogP contribution is 2.34. The molecule has 0 radical (unpaired) electrons. The zero-order valence-electron chi connectivity index (χ0n) is 27.3. The molecule has 3 aromatic heterocycles. The number of H-pyrrole nitrogens is 1. The van der Waals surface area contributed by atoms with Crippen LogP contribution in [0.3, 0.4) is 0 Å². The van der Waals surface area contributed by atoms with Crippen molar-refractivity contribution in [3.63, 3.8) is 0 Å². The number of nitrogens with one attached hydrogen (secondary N) is 2. The summed E-state index contributed by atoms with van der Waals surface area (Å²) in [5.74, 6) is -0.209. The summed E-state index contributed by atoms with van der Waals surface area (Å²) in [6, 6.07) is 11.5. The number of aliphatic hydroxyl groups excluding tert-OH is 1. The monoisotopic (exact) mass is 698 g/mol. The molecule has 15 heteroatoms. The van der Waals surface area contributed by atoms with Crippen LogP contribution < -0.4 is 10.1 Å². The minimum atomic E-state index is -1.13. The molecular weight excluding hydrogens is 664 g/mol. The number of hydrogen-bond donors (Lipinski definition) is 3. The molecule has 50 heavy (non-hydrogen) atoms. The van der Waals surface area contributed by atoms with E-state index in [-0.39, 0.29) is 43.9 Å². The fourth-order valence-corrected chi connectivity index (χ4v) is 7.18. The number of thiazole rings is 1. The van der Waals surface area contributed by atoms with Gasteiger partial charge >= 0.3 is 0 Å². The number of aliphatic hydroxyl groups is 1. The third kappa shape index (κ3) is 6.85. The second-order valence-corrected chi connectivity index (χ2v) is 13.1. The van der Waals surface area contributed by atoms with Gasteiger partial charge in [-0.15, -0.1) is 11.3 Å². The Morgan fingerprint density at radius 2 is 2.00 bits per heavy atom. The number of halogens is 1. The van der Waals surface area contributed by atoms with Gasteiger partial charge in [-0.1, -0.05) is 6.08 Å². The SMILES string of the molecule is CO[C@@]1(C(=O)Nc2ccc3[nH]nc(-c4ccc(F)c(OCCO)c4)c3c2)CCN(CC(=O)N2CC=C(c3ncc(-c4ncccn4)s3)CC2)C1. The second-order valence-electron chi connectivity index (χ2n) is 12.1. The molecule has 0 aliphatic carbocycles. The molecule has 2 aliphatic heterocycles. The van der Waals surface area contributed by atoms with Crippen molar-refractivity contribution in [3.05, 3.63) is 78.0 Å². The summed E-state index contributed by atoms with van der Waals surface area (Å²) in [5, 5.41) is 21.1. The third-order valence-electron chi connectivity index (χ3n) is 8.98. The molecule has 5 aromatic rings. The zero-order valence-corrected chi connectivity index (χ0v) is 28.1. The lowest BCUT2D eigenvalue weighted by Gasteiger charge is -2.29. The number of aromatic amines is 1. The summed E-state index contributed by atoms with van der Waals surface area (Å²) >= 11 is 1.54. The molecule has 0 saturated carbocycles. The van der Waals surface area contributed by atoms with Crippen molar-refractivity contribution in [2.24, 2.45) is 0 Å². The van der Waals surface area contributed by atoms with Crippen LogP contribution in [-0.4, -0.2) is 111 Å². The number of fused-ring (bicyclic) bond motifs is 1. The van der Waals surface area contributed by atoms with Crippen LogP contribution >= 0.6 is 11.3 Å². The molecule has 2 amide bonds. The average Bonchev–Trinajstić information content (AvgIpc) is 3.91. The number of ether oxygens (including phenoxy) is 2. The van der Waals surface area contributed by atoms with Crippen molar-refractivity contribution in [3.8, 4) is 27.7 Å². The van der Waals surface area contributed by atoms with Crippen molar-refractivity contribution >= 4 is 45.3 Å². The van der Waals surface area contributed by atoms with Crippen LogP contribution in [0.5, 0.6) is 5.75 Å². The van der Waals surface area contributed by atoms with Crippen LogP contribution in [0.15, 0.2) is 67.1 Å². The molecular formula is C35H35FN8O5S. The maximum atomic E-state index is 14.3. The Morgan fingerprint density at radius 1 is 1.14 bits per heavy atom. The highest BCUT2D eigenvalue weighted by Gasteiger charge is 2.45. The van der Waals surface area contributed by atoms with Crippen LogP contribution in [0.4, 0.5) is 10.1 Å². The molecule has 7 rings (SSSR count). The summed E-state index contributed by atoms with van der Waals surface area (Å²) in [7, 11) is 1.51. The van der Waals surface area contributed by atoms with Gasteiger partial charge < -0.3 is 24.8 Å². The number of aromatic nitrogens is 5. The Bertz CT molecular complexity index is 2050. The Hall–Kier alpha value is -5.09. The van der Waals surface area contributed by atoms with Gasteiger partial charge in [0.2, 0.25) is 5.91 Å². The van der Waals surface area contributed by atoms with Gasteiger partial charge in [0.15, 0.2) is 23.0 Å². The summed E-state index contributed by atoms with van der Waals surface area (Å²) in [6.07, 6.45) is 8.37. The van der Waals surface area contributed by atoms with Crippen LogP contribution in [0, 0.1) is 5.82 Å². The third-order valence-corrected chi connectivity index (χ3v) is 10.0. The lowest BCUT2D eigenvalue weighted by atomic mass is 10.0. The van der Waals surface area contributed by atoms with Gasteiger partial charge in [-0.05, 0) is 60.9 Å². The molecule has 258 valence electrons. The number of benzene rings is 2.